The highest BCUT2D eigenvalue weighted by molar-refractivity contribution is 5.79. The molecule has 3 heteroatoms. The Morgan fingerprint density at radius 2 is 2.21 bits per heavy atom. The molecule has 14 heavy (non-hydrogen) atoms. The summed E-state index contributed by atoms with van der Waals surface area (Å²) < 4.78 is 0. The third kappa shape index (κ3) is 2.71. The lowest BCUT2D eigenvalue weighted by atomic mass is 10.0. The summed E-state index contributed by atoms with van der Waals surface area (Å²) in [6.07, 6.45) is 5.33. The molecule has 0 aromatic heterocycles. The number of carbonyl (C=O) groups is 1. The fraction of sp³-hybridized carbons (Fsp3) is 0.909. The zero-order valence-corrected chi connectivity index (χ0v) is 9.33. The van der Waals surface area contributed by atoms with E-state index in [9.17, 15) is 4.79 Å². The standard InChI is InChI=1S/C11H22N2O/c1-3-4-8-13(2)11(14)9-6-5-7-10(9)12/h9-10H,3-8,12H2,1-2H3. The fourth-order valence-corrected chi connectivity index (χ4v) is 2.08. The van der Waals surface area contributed by atoms with E-state index in [1.807, 2.05) is 11.9 Å². The Labute approximate surface area is 86.6 Å². The summed E-state index contributed by atoms with van der Waals surface area (Å²) in [7, 11) is 1.89. The lowest BCUT2D eigenvalue weighted by Crippen LogP contribution is -2.40. The number of nitrogens with zero attached hydrogens (tertiary/aromatic N) is 1. The SMILES string of the molecule is CCCCN(C)C(=O)C1CCCC1N. The summed E-state index contributed by atoms with van der Waals surface area (Å²) in [5, 5.41) is 0. The number of rotatable bonds is 4. The first-order chi connectivity index (χ1) is 6.66. The number of carbonyl (C=O) groups excluding carboxylic acids is 1. The van der Waals surface area contributed by atoms with Crippen LogP contribution < -0.4 is 5.73 Å². The van der Waals surface area contributed by atoms with Crippen LogP contribution in [0.15, 0.2) is 0 Å². The molecule has 1 fully saturated rings. The number of unbranched alkanes of at least 4 members (excludes halogenated alkanes) is 1. The van der Waals surface area contributed by atoms with E-state index in [2.05, 4.69) is 6.92 Å². The molecule has 0 spiro atoms. The minimum absolute atomic E-state index is 0.0943. The molecule has 0 aromatic rings. The molecule has 3 nitrogen and oxygen atoms in total. The zero-order valence-electron chi connectivity index (χ0n) is 9.33. The number of hydrogen-bond donors (Lipinski definition) is 1. The highest BCUT2D eigenvalue weighted by atomic mass is 16.2. The van der Waals surface area contributed by atoms with Gasteiger partial charge in [-0.2, -0.15) is 0 Å². The van der Waals surface area contributed by atoms with Crippen LogP contribution in [0.1, 0.15) is 39.0 Å². The molecule has 82 valence electrons. The maximum absolute atomic E-state index is 11.9. The van der Waals surface area contributed by atoms with Gasteiger partial charge < -0.3 is 10.6 Å². The summed E-state index contributed by atoms with van der Waals surface area (Å²) in [5.41, 5.74) is 5.90. The quantitative estimate of drug-likeness (QED) is 0.741. The van der Waals surface area contributed by atoms with Gasteiger partial charge in [-0.05, 0) is 19.3 Å². The molecule has 0 radical (unpaired) electrons. The molecule has 1 aliphatic rings. The average molecular weight is 198 g/mol. The van der Waals surface area contributed by atoms with E-state index in [1.165, 1.54) is 0 Å². The maximum atomic E-state index is 11.9. The molecule has 1 aliphatic carbocycles. The molecular weight excluding hydrogens is 176 g/mol. The second-order valence-corrected chi connectivity index (χ2v) is 4.31. The first-order valence-electron chi connectivity index (χ1n) is 5.67. The van der Waals surface area contributed by atoms with Gasteiger partial charge in [-0.15, -0.1) is 0 Å². The molecule has 1 saturated carbocycles. The monoisotopic (exact) mass is 198 g/mol. The van der Waals surface area contributed by atoms with Crippen LogP contribution >= 0.6 is 0 Å². The second kappa shape index (κ2) is 5.35. The summed E-state index contributed by atoms with van der Waals surface area (Å²) in [6.45, 7) is 3.01. The van der Waals surface area contributed by atoms with Crippen LogP contribution in [-0.4, -0.2) is 30.4 Å². The Morgan fingerprint density at radius 3 is 2.71 bits per heavy atom. The van der Waals surface area contributed by atoms with Crippen molar-refractivity contribution < 1.29 is 4.79 Å². The van der Waals surface area contributed by atoms with E-state index in [-0.39, 0.29) is 17.9 Å². The van der Waals surface area contributed by atoms with Crippen LogP contribution in [-0.2, 0) is 4.79 Å². The Balaban J connectivity index is 2.39. The largest absolute Gasteiger partial charge is 0.345 e. The molecule has 0 aromatic carbocycles. The van der Waals surface area contributed by atoms with Gasteiger partial charge in [-0.25, -0.2) is 0 Å². The van der Waals surface area contributed by atoms with E-state index >= 15 is 0 Å². The van der Waals surface area contributed by atoms with Gasteiger partial charge >= 0.3 is 0 Å². The second-order valence-electron chi connectivity index (χ2n) is 4.31. The van der Waals surface area contributed by atoms with Crippen molar-refractivity contribution in [3.05, 3.63) is 0 Å². The van der Waals surface area contributed by atoms with Crippen molar-refractivity contribution in [2.75, 3.05) is 13.6 Å². The van der Waals surface area contributed by atoms with Crippen LogP contribution in [0.25, 0.3) is 0 Å². The van der Waals surface area contributed by atoms with Crippen molar-refractivity contribution in [2.24, 2.45) is 11.7 Å². The molecule has 0 saturated heterocycles. The molecule has 1 amide bonds. The van der Waals surface area contributed by atoms with Gasteiger partial charge in [0.15, 0.2) is 0 Å². The van der Waals surface area contributed by atoms with Crippen LogP contribution in [0.4, 0.5) is 0 Å². The van der Waals surface area contributed by atoms with Crippen molar-refractivity contribution in [1.82, 2.24) is 4.90 Å². The third-order valence-corrected chi connectivity index (χ3v) is 3.11. The molecule has 1 rings (SSSR count). The predicted octanol–water partition coefficient (Wildman–Crippen LogP) is 1.37. The normalized spacial score (nSPS) is 26.5. The van der Waals surface area contributed by atoms with Gasteiger partial charge in [0.25, 0.3) is 0 Å². The van der Waals surface area contributed by atoms with Gasteiger partial charge in [0.1, 0.15) is 0 Å². The predicted molar refractivity (Wildman–Crippen MR) is 57.9 cm³/mol. The number of hydrogen-bond acceptors (Lipinski definition) is 2. The van der Waals surface area contributed by atoms with E-state index in [0.717, 1.165) is 38.6 Å². The van der Waals surface area contributed by atoms with Crippen LogP contribution in [0.2, 0.25) is 0 Å². The van der Waals surface area contributed by atoms with Crippen LogP contribution in [0, 0.1) is 5.92 Å². The summed E-state index contributed by atoms with van der Waals surface area (Å²) >= 11 is 0. The fourth-order valence-electron chi connectivity index (χ4n) is 2.08. The highest BCUT2D eigenvalue weighted by Gasteiger charge is 2.31. The Morgan fingerprint density at radius 1 is 1.50 bits per heavy atom. The van der Waals surface area contributed by atoms with E-state index in [0.29, 0.717) is 0 Å². The van der Waals surface area contributed by atoms with E-state index in [4.69, 9.17) is 5.73 Å². The molecule has 0 aliphatic heterocycles. The lowest BCUT2D eigenvalue weighted by molar-refractivity contribution is -0.134. The van der Waals surface area contributed by atoms with Gasteiger partial charge in [-0.1, -0.05) is 19.8 Å². The summed E-state index contributed by atoms with van der Waals surface area (Å²) in [5.74, 6) is 0.348. The van der Waals surface area contributed by atoms with Crippen LogP contribution in [0.3, 0.4) is 0 Å². The average Bonchev–Trinajstić information content (AvgIpc) is 2.59. The van der Waals surface area contributed by atoms with E-state index < -0.39 is 0 Å². The van der Waals surface area contributed by atoms with Crippen LogP contribution in [0.5, 0.6) is 0 Å². The Bertz CT molecular complexity index is 194. The van der Waals surface area contributed by atoms with Gasteiger partial charge in [-0.3, -0.25) is 4.79 Å². The summed E-state index contributed by atoms with van der Waals surface area (Å²) in [6, 6.07) is 0.103. The number of amides is 1. The van der Waals surface area contributed by atoms with Gasteiger partial charge in [0, 0.05) is 19.6 Å². The smallest absolute Gasteiger partial charge is 0.226 e. The van der Waals surface area contributed by atoms with Gasteiger partial charge in [0.05, 0.1) is 5.92 Å². The lowest BCUT2D eigenvalue weighted by Gasteiger charge is -2.23. The maximum Gasteiger partial charge on any atom is 0.226 e. The van der Waals surface area contributed by atoms with Crippen molar-refractivity contribution in [3.8, 4) is 0 Å². The molecule has 2 unspecified atom stereocenters. The zero-order chi connectivity index (χ0) is 10.6. The topological polar surface area (TPSA) is 46.3 Å². The summed E-state index contributed by atoms with van der Waals surface area (Å²) in [4.78, 5) is 13.8. The van der Waals surface area contributed by atoms with Crippen molar-refractivity contribution in [3.63, 3.8) is 0 Å². The molecule has 2 atom stereocenters. The molecule has 0 heterocycles. The first kappa shape index (κ1) is 11.5. The third-order valence-electron chi connectivity index (χ3n) is 3.11. The Hall–Kier alpha value is -0.570. The van der Waals surface area contributed by atoms with Crippen molar-refractivity contribution >= 4 is 5.91 Å². The first-order valence-corrected chi connectivity index (χ1v) is 5.67. The molecule has 2 N–H and O–H groups in total. The molecule has 0 bridgehead atoms. The highest BCUT2D eigenvalue weighted by Crippen LogP contribution is 2.25. The molecular formula is C11H22N2O. The minimum Gasteiger partial charge on any atom is -0.345 e. The van der Waals surface area contributed by atoms with Crippen molar-refractivity contribution in [2.45, 2.75) is 45.1 Å². The van der Waals surface area contributed by atoms with Gasteiger partial charge in [0.2, 0.25) is 5.91 Å². The minimum atomic E-state index is 0.0943. The Kier molecular flexibility index (Phi) is 4.39. The number of nitrogens with two attached hydrogens (primary N) is 1. The van der Waals surface area contributed by atoms with E-state index in [1.54, 1.807) is 0 Å². The van der Waals surface area contributed by atoms with Crippen molar-refractivity contribution in [1.29, 1.82) is 0 Å².